The van der Waals surface area contributed by atoms with Gasteiger partial charge in [-0.15, -0.1) is 0 Å². The van der Waals surface area contributed by atoms with Crippen LogP contribution in [-0.2, 0) is 23.9 Å². The first kappa shape index (κ1) is 15.9. The second-order valence-electron chi connectivity index (χ2n) is 6.90. The number of fused-ring (bicyclic) bond motifs is 2. The van der Waals surface area contributed by atoms with Gasteiger partial charge in [0, 0.05) is 30.8 Å². The fraction of sp³-hybridized carbons (Fsp3) is 0.588. The van der Waals surface area contributed by atoms with Gasteiger partial charge in [0.25, 0.3) is 0 Å². The van der Waals surface area contributed by atoms with Crippen molar-refractivity contribution in [3.8, 4) is 0 Å². The number of hydrogen-bond acceptors (Lipinski definition) is 6. The van der Waals surface area contributed by atoms with E-state index in [1.165, 1.54) is 13.0 Å². The van der Waals surface area contributed by atoms with Crippen LogP contribution in [0.25, 0.3) is 0 Å². The molecule has 124 valence electrons. The van der Waals surface area contributed by atoms with Gasteiger partial charge in [0.2, 0.25) is 5.79 Å². The van der Waals surface area contributed by atoms with Gasteiger partial charge < -0.3 is 14.6 Å². The zero-order valence-electron chi connectivity index (χ0n) is 13.6. The van der Waals surface area contributed by atoms with Crippen LogP contribution in [0.15, 0.2) is 22.8 Å². The number of carbonyl (C=O) groups is 3. The van der Waals surface area contributed by atoms with Gasteiger partial charge >= 0.3 is 11.9 Å². The minimum absolute atomic E-state index is 0.0236. The van der Waals surface area contributed by atoms with Crippen molar-refractivity contribution in [3.63, 3.8) is 0 Å². The number of aliphatic hydroxyl groups is 1. The Morgan fingerprint density at radius 3 is 2.70 bits per heavy atom. The van der Waals surface area contributed by atoms with Crippen LogP contribution in [0.5, 0.6) is 0 Å². The molecule has 1 heterocycles. The summed E-state index contributed by atoms with van der Waals surface area (Å²) in [4.78, 5) is 35.5. The molecule has 0 amide bonds. The molecule has 2 aliphatic carbocycles. The van der Waals surface area contributed by atoms with E-state index in [1.807, 2.05) is 13.8 Å². The Hall–Kier alpha value is -1.95. The number of ketones is 1. The lowest BCUT2D eigenvalue weighted by atomic mass is 9.56. The molecule has 4 atom stereocenters. The van der Waals surface area contributed by atoms with E-state index in [1.54, 1.807) is 6.92 Å². The first-order chi connectivity index (χ1) is 10.6. The molecular weight excluding hydrogens is 300 g/mol. The number of hydrogen-bond donors (Lipinski definition) is 1. The highest BCUT2D eigenvalue weighted by molar-refractivity contribution is 5.95. The van der Waals surface area contributed by atoms with Gasteiger partial charge in [-0.05, 0) is 24.5 Å². The summed E-state index contributed by atoms with van der Waals surface area (Å²) in [6.45, 7) is 6.67. The van der Waals surface area contributed by atoms with Crippen molar-refractivity contribution in [2.45, 2.75) is 52.4 Å². The van der Waals surface area contributed by atoms with Crippen molar-refractivity contribution in [1.29, 1.82) is 0 Å². The lowest BCUT2D eigenvalue weighted by molar-refractivity contribution is -0.197. The Labute approximate surface area is 134 Å². The molecule has 1 N–H and O–H groups in total. The minimum Gasteiger partial charge on any atom is -0.457 e. The number of esters is 2. The van der Waals surface area contributed by atoms with Gasteiger partial charge in [0.15, 0.2) is 5.78 Å². The summed E-state index contributed by atoms with van der Waals surface area (Å²) in [5.41, 5.74) is 0.569. The van der Waals surface area contributed by atoms with E-state index in [9.17, 15) is 19.5 Å². The van der Waals surface area contributed by atoms with Crippen molar-refractivity contribution >= 4 is 17.7 Å². The average molecular weight is 320 g/mol. The quantitative estimate of drug-likeness (QED) is 0.735. The molecular formula is C17H20O6. The summed E-state index contributed by atoms with van der Waals surface area (Å²) < 4.78 is 10.7. The zero-order valence-corrected chi connectivity index (χ0v) is 13.6. The molecule has 6 nitrogen and oxygen atoms in total. The van der Waals surface area contributed by atoms with E-state index in [-0.39, 0.29) is 23.7 Å². The van der Waals surface area contributed by atoms with E-state index < -0.39 is 29.2 Å². The Kier molecular flexibility index (Phi) is 3.30. The maximum Gasteiger partial charge on any atom is 0.336 e. The van der Waals surface area contributed by atoms with Gasteiger partial charge in [-0.3, -0.25) is 9.59 Å². The highest BCUT2D eigenvalue weighted by atomic mass is 16.7. The third-order valence-electron chi connectivity index (χ3n) is 5.47. The lowest BCUT2D eigenvalue weighted by Gasteiger charge is -2.52. The maximum absolute atomic E-state index is 12.0. The maximum atomic E-state index is 12.0. The molecule has 0 aromatic rings. The minimum atomic E-state index is -1.84. The molecule has 0 radical (unpaired) electrons. The highest BCUT2D eigenvalue weighted by Gasteiger charge is 2.62. The summed E-state index contributed by atoms with van der Waals surface area (Å²) in [7, 11) is 0. The van der Waals surface area contributed by atoms with Crippen molar-refractivity contribution in [3.05, 3.63) is 22.8 Å². The summed E-state index contributed by atoms with van der Waals surface area (Å²) in [6.07, 6.45) is 1.01. The summed E-state index contributed by atoms with van der Waals surface area (Å²) in [6, 6.07) is 0. The molecule has 0 bridgehead atoms. The SMILES string of the molecule is CC(=O)O[C@@H]1C2=C(C)C(=O)O[C@]2(O)CC2=CC(=O)C[C@H](C)[C@]21C. The van der Waals surface area contributed by atoms with Crippen LogP contribution >= 0.6 is 0 Å². The summed E-state index contributed by atoms with van der Waals surface area (Å²) in [5.74, 6) is -3.11. The molecule has 0 saturated heterocycles. The third kappa shape index (κ3) is 2.08. The van der Waals surface area contributed by atoms with Gasteiger partial charge in [-0.2, -0.15) is 0 Å². The fourth-order valence-corrected chi connectivity index (χ4v) is 4.03. The van der Waals surface area contributed by atoms with E-state index in [0.29, 0.717) is 17.6 Å². The number of ether oxygens (including phenoxy) is 2. The topological polar surface area (TPSA) is 89.9 Å². The Morgan fingerprint density at radius 1 is 1.43 bits per heavy atom. The predicted molar refractivity (Wildman–Crippen MR) is 78.9 cm³/mol. The molecule has 1 fully saturated rings. The zero-order chi connectivity index (χ0) is 17.2. The van der Waals surface area contributed by atoms with E-state index in [0.717, 1.165) is 0 Å². The Bertz CT molecular complexity index is 687. The molecule has 0 unspecified atom stereocenters. The van der Waals surface area contributed by atoms with Crippen LogP contribution in [0.1, 0.15) is 40.5 Å². The van der Waals surface area contributed by atoms with Gasteiger partial charge in [-0.1, -0.05) is 13.8 Å². The van der Waals surface area contributed by atoms with Gasteiger partial charge in [0.1, 0.15) is 6.10 Å². The lowest BCUT2D eigenvalue weighted by Crippen LogP contribution is -2.56. The normalized spacial score (nSPS) is 39.4. The number of carbonyl (C=O) groups excluding carboxylic acids is 3. The van der Waals surface area contributed by atoms with Crippen molar-refractivity contribution in [2.75, 3.05) is 0 Å². The average Bonchev–Trinajstić information content (AvgIpc) is 2.63. The monoisotopic (exact) mass is 320 g/mol. The molecule has 3 aliphatic rings. The van der Waals surface area contributed by atoms with Crippen LogP contribution in [0.4, 0.5) is 0 Å². The molecule has 3 rings (SSSR count). The fourth-order valence-electron chi connectivity index (χ4n) is 4.03. The smallest absolute Gasteiger partial charge is 0.336 e. The first-order valence-corrected chi connectivity index (χ1v) is 7.67. The molecule has 1 saturated carbocycles. The molecule has 0 aromatic heterocycles. The molecule has 6 heteroatoms. The largest absolute Gasteiger partial charge is 0.457 e. The third-order valence-corrected chi connectivity index (χ3v) is 5.47. The van der Waals surface area contributed by atoms with Crippen molar-refractivity contribution in [2.24, 2.45) is 11.3 Å². The van der Waals surface area contributed by atoms with E-state index in [4.69, 9.17) is 9.47 Å². The summed E-state index contributed by atoms with van der Waals surface area (Å²) >= 11 is 0. The van der Waals surface area contributed by atoms with E-state index in [2.05, 4.69) is 0 Å². The number of allylic oxidation sites excluding steroid dienone is 1. The van der Waals surface area contributed by atoms with Crippen LogP contribution in [0.3, 0.4) is 0 Å². The molecule has 23 heavy (non-hydrogen) atoms. The highest BCUT2D eigenvalue weighted by Crippen LogP contribution is 2.58. The molecule has 0 aromatic carbocycles. The second kappa shape index (κ2) is 4.77. The Morgan fingerprint density at radius 2 is 2.09 bits per heavy atom. The van der Waals surface area contributed by atoms with Crippen molar-refractivity contribution < 1.29 is 29.0 Å². The Balaban J connectivity index is 2.23. The van der Waals surface area contributed by atoms with E-state index >= 15 is 0 Å². The first-order valence-electron chi connectivity index (χ1n) is 7.67. The van der Waals surface area contributed by atoms with Crippen LogP contribution in [-0.4, -0.2) is 34.7 Å². The van der Waals surface area contributed by atoms with Crippen molar-refractivity contribution in [1.82, 2.24) is 0 Å². The molecule has 0 spiro atoms. The standard InChI is InChI=1S/C17H20O6/c1-8-5-12(19)6-11-7-17(21)13(9(2)15(20)23-17)14(16(8,11)4)22-10(3)18/h6,8,14,21H,5,7H2,1-4H3/t8-,14+,16+,17+/m0/s1. The van der Waals surface area contributed by atoms with Crippen LogP contribution in [0.2, 0.25) is 0 Å². The summed E-state index contributed by atoms with van der Waals surface area (Å²) in [5, 5.41) is 10.8. The second-order valence-corrected chi connectivity index (χ2v) is 6.90. The van der Waals surface area contributed by atoms with Gasteiger partial charge in [-0.25, -0.2) is 4.79 Å². The van der Waals surface area contributed by atoms with Gasteiger partial charge in [0.05, 0.1) is 5.57 Å². The molecule has 1 aliphatic heterocycles. The number of rotatable bonds is 1. The predicted octanol–water partition coefficient (Wildman–Crippen LogP) is 1.43. The van der Waals surface area contributed by atoms with Crippen LogP contribution < -0.4 is 0 Å². The van der Waals surface area contributed by atoms with Crippen LogP contribution in [0, 0.1) is 11.3 Å².